The predicted octanol–water partition coefficient (Wildman–Crippen LogP) is 3.52. The van der Waals surface area contributed by atoms with Crippen LogP contribution in [0, 0.1) is 12.8 Å². The first-order valence-corrected chi connectivity index (χ1v) is 8.97. The highest BCUT2D eigenvalue weighted by atomic mass is 32.1. The Morgan fingerprint density at radius 2 is 2.14 bits per heavy atom. The molecule has 0 atom stereocenters. The lowest BCUT2D eigenvalue weighted by Crippen LogP contribution is -2.27. The molecular weight excluding hydrogens is 294 g/mol. The molecule has 0 spiro atoms. The zero-order chi connectivity index (χ0) is 15.7. The van der Waals surface area contributed by atoms with Crippen LogP contribution >= 0.6 is 11.3 Å². The molecule has 0 saturated carbocycles. The van der Waals surface area contributed by atoms with E-state index in [2.05, 4.69) is 36.0 Å². The first-order valence-electron chi connectivity index (χ1n) is 8.16. The maximum atomic E-state index is 12.2. The molecule has 3 heterocycles. The first-order chi connectivity index (χ1) is 10.5. The summed E-state index contributed by atoms with van der Waals surface area (Å²) >= 11 is 1.79. The van der Waals surface area contributed by atoms with Gasteiger partial charge in [0.05, 0.1) is 10.2 Å². The average molecular weight is 319 g/mol. The summed E-state index contributed by atoms with van der Waals surface area (Å²) < 4.78 is 1.20. The molecule has 3 rings (SSSR count). The maximum Gasteiger partial charge on any atom is 0.267 e. The van der Waals surface area contributed by atoms with Crippen LogP contribution in [-0.4, -0.2) is 35.4 Å². The van der Waals surface area contributed by atoms with Gasteiger partial charge < -0.3 is 10.3 Å². The molecule has 4 nitrogen and oxygen atoms in total. The van der Waals surface area contributed by atoms with Gasteiger partial charge in [-0.15, -0.1) is 11.3 Å². The van der Waals surface area contributed by atoms with Crippen molar-refractivity contribution in [2.75, 3.05) is 19.6 Å². The molecule has 1 fully saturated rings. The van der Waals surface area contributed by atoms with Crippen LogP contribution in [0.5, 0.6) is 0 Å². The number of carbonyl (C=O) groups excluding carboxylic acids is 1. The van der Waals surface area contributed by atoms with Crippen molar-refractivity contribution in [3.8, 4) is 0 Å². The van der Waals surface area contributed by atoms with Gasteiger partial charge in [-0.1, -0.05) is 13.8 Å². The molecule has 0 unspecified atom stereocenters. The fourth-order valence-corrected chi connectivity index (χ4v) is 4.08. The van der Waals surface area contributed by atoms with Gasteiger partial charge in [0.2, 0.25) is 0 Å². The molecule has 22 heavy (non-hydrogen) atoms. The third kappa shape index (κ3) is 3.20. The predicted molar refractivity (Wildman–Crippen MR) is 92.6 cm³/mol. The maximum absolute atomic E-state index is 12.2. The number of fused-ring (bicyclic) bond motifs is 1. The minimum atomic E-state index is 0.00174. The normalized spacial score (nSPS) is 16.0. The zero-order valence-electron chi connectivity index (χ0n) is 13.7. The number of thiophene rings is 1. The summed E-state index contributed by atoms with van der Waals surface area (Å²) in [5.41, 5.74) is 3.21. The summed E-state index contributed by atoms with van der Waals surface area (Å²) in [5, 5.41) is 2.98. The highest BCUT2D eigenvalue weighted by Gasteiger charge is 2.19. The quantitative estimate of drug-likeness (QED) is 0.886. The number of aromatic amines is 1. The second kappa shape index (κ2) is 6.42. The molecule has 2 aromatic heterocycles. The van der Waals surface area contributed by atoms with E-state index in [-0.39, 0.29) is 5.91 Å². The molecule has 1 amide bonds. The van der Waals surface area contributed by atoms with Gasteiger partial charge >= 0.3 is 0 Å². The van der Waals surface area contributed by atoms with Crippen LogP contribution in [0.3, 0.4) is 0 Å². The second-order valence-corrected chi connectivity index (χ2v) is 7.90. The van der Waals surface area contributed by atoms with Crippen LogP contribution in [0.2, 0.25) is 0 Å². The van der Waals surface area contributed by atoms with E-state index in [0.29, 0.717) is 18.2 Å². The Labute approximate surface area is 135 Å². The summed E-state index contributed by atoms with van der Waals surface area (Å²) in [6.07, 6.45) is 2.61. The number of nitrogens with one attached hydrogen (secondary N) is 2. The number of aromatic nitrogens is 1. The Kier molecular flexibility index (Phi) is 4.54. The van der Waals surface area contributed by atoms with Crippen molar-refractivity contribution >= 4 is 27.5 Å². The van der Waals surface area contributed by atoms with Gasteiger partial charge in [0.15, 0.2) is 0 Å². The van der Waals surface area contributed by atoms with Gasteiger partial charge in [0.1, 0.15) is 5.69 Å². The molecule has 1 aliphatic heterocycles. The number of amides is 1. The Bertz CT molecular complexity index is 665. The van der Waals surface area contributed by atoms with E-state index in [9.17, 15) is 4.79 Å². The SMILES string of the molecule is Cc1sc2cc(C(=O)NCC(C)C)[nH]c2c1CN1CCCC1. The molecule has 0 aliphatic carbocycles. The Balaban J connectivity index is 1.80. The minimum absolute atomic E-state index is 0.00174. The Hall–Kier alpha value is -1.33. The van der Waals surface area contributed by atoms with E-state index in [1.807, 2.05) is 6.07 Å². The topological polar surface area (TPSA) is 48.1 Å². The van der Waals surface area contributed by atoms with Crippen LogP contribution in [0.25, 0.3) is 10.2 Å². The van der Waals surface area contributed by atoms with Crippen molar-refractivity contribution in [3.63, 3.8) is 0 Å². The minimum Gasteiger partial charge on any atom is -0.351 e. The van der Waals surface area contributed by atoms with Crippen molar-refractivity contribution in [3.05, 3.63) is 22.2 Å². The second-order valence-electron chi connectivity index (χ2n) is 6.65. The number of rotatable bonds is 5. The summed E-state index contributed by atoms with van der Waals surface area (Å²) in [5.74, 6) is 0.467. The van der Waals surface area contributed by atoms with Crippen molar-refractivity contribution < 1.29 is 4.79 Å². The molecule has 0 bridgehead atoms. The number of aryl methyl sites for hydroxylation is 1. The van der Waals surface area contributed by atoms with Crippen molar-refractivity contribution in [2.45, 2.75) is 40.2 Å². The van der Waals surface area contributed by atoms with E-state index >= 15 is 0 Å². The van der Waals surface area contributed by atoms with Crippen molar-refractivity contribution in [1.29, 1.82) is 0 Å². The van der Waals surface area contributed by atoms with Crippen LogP contribution in [0.1, 0.15) is 47.6 Å². The van der Waals surface area contributed by atoms with Crippen molar-refractivity contribution in [2.24, 2.45) is 5.92 Å². The Morgan fingerprint density at radius 3 is 2.82 bits per heavy atom. The van der Waals surface area contributed by atoms with Crippen LogP contribution in [0.4, 0.5) is 0 Å². The lowest BCUT2D eigenvalue weighted by Gasteiger charge is -2.14. The lowest BCUT2D eigenvalue weighted by atomic mass is 10.2. The van der Waals surface area contributed by atoms with Gasteiger partial charge in [-0.05, 0) is 44.8 Å². The molecule has 1 aliphatic rings. The van der Waals surface area contributed by atoms with Crippen LogP contribution in [-0.2, 0) is 6.54 Å². The summed E-state index contributed by atoms with van der Waals surface area (Å²) in [6, 6.07) is 2.00. The smallest absolute Gasteiger partial charge is 0.267 e. The highest BCUT2D eigenvalue weighted by molar-refractivity contribution is 7.19. The fraction of sp³-hybridized carbons (Fsp3) is 0.588. The van der Waals surface area contributed by atoms with Gasteiger partial charge in [-0.25, -0.2) is 0 Å². The first kappa shape index (κ1) is 15.6. The zero-order valence-corrected chi connectivity index (χ0v) is 14.5. The number of likely N-dealkylation sites (tertiary alicyclic amines) is 1. The number of carbonyl (C=O) groups is 1. The van der Waals surface area contributed by atoms with Gasteiger partial charge in [0, 0.05) is 23.5 Å². The van der Waals surface area contributed by atoms with E-state index in [4.69, 9.17) is 0 Å². The van der Waals surface area contributed by atoms with E-state index in [0.717, 1.165) is 12.1 Å². The molecule has 2 N–H and O–H groups in total. The molecule has 0 radical (unpaired) electrons. The third-order valence-electron chi connectivity index (χ3n) is 4.27. The molecule has 0 aromatic carbocycles. The third-order valence-corrected chi connectivity index (χ3v) is 5.36. The van der Waals surface area contributed by atoms with Crippen molar-refractivity contribution in [1.82, 2.24) is 15.2 Å². The van der Waals surface area contributed by atoms with E-state index < -0.39 is 0 Å². The number of hydrogen-bond acceptors (Lipinski definition) is 3. The standard InChI is InChI=1S/C17H25N3OS/c1-11(2)9-18-17(21)14-8-15-16(19-14)13(12(3)22-15)10-20-6-4-5-7-20/h8,11,19H,4-7,9-10H2,1-3H3,(H,18,21). The Morgan fingerprint density at radius 1 is 1.41 bits per heavy atom. The molecule has 1 saturated heterocycles. The van der Waals surface area contributed by atoms with Gasteiger partial charge in [0.25, 0.3) is 5.91 Å². The summed E-state index contributed by atoms with van der Waals surface area (Å²) in [6.45, 7) is 10.5. The lowest BCUT2D eigenvalue weighted by molar-refractivity contribution is 0.0945. The number of nitrogens with zero attached hydrogens (tertiary/aromatic N) is 1. The van der Waals surface area contributed by atoms with Gasteiger partial charge in [-0.3, -0.25) is 9.69 Å². The summed E-state index contributed by atoms with van der Waals surface area (Å²) in [7, 11) is 0. The number of hydrogen-bond donors (Lipinski definition) is 2. The van der Waals surface area contributed by atoms with E-state index in [1.54, 1.807) is 11.3 Å². The largest absolute Gasteiger partial charge is 0.351 e. The monoisotopic (exact) mass is 319 g/mol. The van der Waals surface area contributed by atoms with Gasteiger partial charge in [-0.2, -0.15) is 0 Å². The fourth-order valence-electron chi connectivity index (χ4n) is 3.01. The molecular formula is C17H25N3OS. The number of H-pyrrole nitrogens is 1. The highest BCUT2D eigenvalue weighted by Crippen LogP contribution is 2.32. The summed E-state index contributed by atoms with van der Waals surface area (Å²) in [4.78, 5) is 19.4. The average Bonchev–Trinajstić information content (AvgIpc) is 3.15. The molecule has 120 valence electrons. The molecule has 2 aromatic rings. The van der Waals surface area contributed by atoms with Crippen LogP contribution in [0.15, 0.2) is 6.07 Å². The molecule has 5 heteroatoms. The van der Waals surface area contributed by atoms with E-state index in [1.165, 1.54) is 41.1 Å². The van der Waals surface area contributed by atoms with Crippen LogP contribution < -0.4 is 5.32 Å².